The molecule has 1 aliphatic rings. The van der Waals surface area contributed by atoms with E-state index in [1.807, 2.05) is 30.3 Å². The van der Waals surface area contributed by atoms with Crippen LogP contribution in [0.3, 0.4) is 0 Å². The van der Waals surface area contributed by atoms with Crippen molar-refractivity contribution in [3.63, 3.8) is 0 Å². The van der Waals surface area contributed by atoms with Crippen LogP contribution in [0.2, 0.25) is 0 Å². The second-order valence-corrected chi connectivity index (χ2v) is 4.80. The molecule has 1 atom stereocenters. The van der Waals surface area contributed by atoms with Crippen LogP contribution in [0.25, 0.3) is 0 Å². The number of hydrogen-bond acceptors (Lipinski definition) is 2. The van der Waals surface area contributed by atoms with E-state index in [4.69, 9.17) is 5.11 Å². The second-order valence-electron chi connectivity index (χ2n) is 4.80. The predicted molar refractivity (Wildman–Crippen MR) is 74.2 cm³/mol. The fourth-order valence-electron chi connectivity index (χ4n) is 2.51. The van der Waals surface area contributed by atoms with Gasteiger partial charge >= 0.3 is 0 Å². The summed E-state index contributed by atoms with van der Waals surface area (Å²) in [5, 5.41) is 9.08. The van der Waals surface area contributed by atoms with Crippen LogP contribution in [0.4, 0.5) is 0 Å². The molecule has 1 unspecified atom stereocenters. The second kappa shape index (κ2) is 7.20. The van der Waals surface area contributed by atoms with E-state index in [-0.39, 0.29) is 6.61 Å². The molecule has 1 aromatic rings. The third-order valence-corrected chi connectivity index (χ3v) is 3.50. The fourth-order valence-corrected chi connectivity index (χ4v) is 2.51. The molecule has 2 nitrogen and oxygen atoms in total. The predicted octanol–water partition coefficient (Wildman–Crippen LogP) is 2.28. The quantitative estimate of drug-likeness (QED) is 0.823. The van der Waals surface area contributed by atoms with Gasteiger partial charge in [-0.3, -0.25) is 4.90 Å². The van der Waals surface area contributed by atoms with Crippen LogP contribution in [0.1, 0.15) is 31.2 Å². The van der Waals surface area contributed by atoms with E-state index >= 15 is 0 Å². The average molecular weight is 243 g/mol. The Balaban J connectivity index is 1.90. The molecular weight excluding hydrogens is 222 g/mol. The molecule has 1 N–H and O–H groups in total. The van der Waals surface area contributed by atoms with Crippen molar-refractivity contribution in [2.45, 2.75) is 31.7 Å². The van der Waals surface area contributed by atoms with E-state index in [1.165, 1.54) is 19.3 Å². The van der Waals surface area contributed by atoms with Gasteiger partial charge in [0.05, 0.1) is 6.54 Å². The number of aliphatic hydroxyl groups is 1. The van der Waals surface area contributed by atoms with Gasteiger partial charge in [0.15, 0.2) is 0 Å². The molecule has 0 amide bonds. The molecule has 1 heterocycles. The highest BCUT2D eigenvalue weighted by Gasteiger charge is 2.20. The first kappa shape index (κ1) is 13.1. The zero-order chi connectivity index (χ0) is 12.6. The summed E-state index contributed by atoms with van der Waals surface area (Å²) in [5.74, 6) is 6.45. The molecule has 1 saturated heterocycles. The Morgan fingerprint density at radius 2 is 2.06 bits per heavy atom. The monoisotopic (exact) mass is 243 g/mol. The lowest BCUT2D eigenvalue weighted by Crippen LogP contribution is -2.40. The van der Waals surface area contributed by atoms with Crippen molar-refractivity contribution in [2.24, 2.45) is 0 Å². The van der Waals surface area contributed by atoms with Crippen LogP contribution in [0, 0.1) is 11.8 Å². The molecule has 0 bridgehead atoms. The Kier molecular flexibility index (Phi) is 5.26. The molecule has 1 aliphatic heterocycles. The minimum Gasteiger partial charge on any atom is -0.396 e. The van der Waals surface area contributed by atoms with Gasteiger partial charge in [0.2, 0.25) is 0 Å². The lowest BCUT2D eigenvalue weighted by atomic mass is 10.00. The van der Waals surface area contributed by atoms with Gasteiger partial charge in [0.25, 0.3) is 0 Å². The van der Waals surface area contributed by atoms with Crippen LogP contribution in [-0.4, -0.2) is 35.7 Å². The van der Waals surface area contributed by atoms with Gasteiger partial charge in [0.1, 0.15) is 0 Å². The molecule has 1 fully saturated rings. The van der Waals surface area contributed by atoms with E-state index in [2.05, 4.69) is 16.7 Å². The molecule has 96 valence electrons. The molecule has 0 aromatic heterocycles. The fraction of sp³-hybridized carbons (Fsp3) is 0.500. The third-order valence-electron chi connectivity index (χ3n) is 3.50. The largest absolute Gasteiger partial charge is 0.396 e. The van der Waals surface area contributed by atoms with E-state index in [1.54, 1.807) is 0 Å². The number of hydrogen-bond donors (Lipinski definition) is 1. The molecule has 0 aliphatic carbocycles. The first-order valence-electron chi connectivity index (χ1n) is 6.79. The van der Waals surface area contributed by atoms with Gasteiger partial charge in [-0.2, -0.15) is 0 Å². The smallest absolute Gasteiger partial charge is 0.0607 e. The van der Waals surface area contributed by atoms with E-state index in [0.29, 0.717) is 6.04 Å². The topological polar surface area (TPSA) is 23.5 Å². The normalized spacial score (nSPS) is 20.2. The summed E-state index contributed by atoms with van der Waals surface area (Å²) in [7, 11) is 0. The van der Waals surface area contributed by atoms with Gasteiger partial charge < -0.3 is 5.11 Å². The summed E-state index contributed by atoms with van der Waals surface area (Å²) < 4.78 is 0. The number of aliphatic hydroxyl groups excluding tert-OH is 1. The van der Waals surface area contributed by atoms with Gasteiger partial charge in [-0.1, -0.05) is 36.5 Å². The first-order valence-corrected chi connectivity index (χ1v) is 6.79. The van der Waals surface area contributed by atoms with Gasteiger partial charge in [-0.15, -0.1) is 0 Å². The van der Waals surface area contributed by atoms with Crippen molar-refractivity contribution in [3.8, 4) is 11.8 Å². The summed E-state index contributed by atoms with van der Waals surface area (Å²) in [6.07, 6.45) is 4.63. The Bertz CT molecular complexity index is 402. The molecule has 0 radical (unpaired) electrons. The Morgan fingerprint density at radius 3 is 2.83 bits per heavy atom. The average Bonchev–Trinajstić information content (AvgIpc) is 2.42. The van der Waals surface area contributed by atoms with Crippen molar-refractivity contribution in [2.75, 3.05) is 19.7 Å². The molecule has 1 aromatic carbocycles. The van der Waals surface area contributed by atoms with E-state index in [0.717, 1.165) is 25.1 Å². The summed E-state index contributed by atoms with van der Waals surface area (Å²) in [5.41, 5.74) is 1.08. The third kappa shape index (κ3) is 3.87. The Labute approximate surface area is 110 Å². The molecule has 2 rings (SSSR count). The number of benzene rings is 1. The van der Waals surface area contributed by atoms with Crippen molar-refractivity contribution >= 4 is 0 Å². The lowest BCUT2D eigenvalue weighted by Gasteiger charge is -2.33. The summed E-state index contributed by atoms with van der Waals surface area (Å²) in [4.78, 5) is 2.41. The lowest BCUT2D eigenvalue weighted by molar-refractivity contribution is 0.134. The molecule has 0 saturated carbocycles. The van der Waals surface area contributed by atoms with Gasteiger partial charge in [-0.25, -0.2) is 0 Å². The van der Waals surface area contributed by atoms with Crippen molar-refractivity contribution in [1.82, 2.24) is 4.90 Å². The molecule has 2 heteroatoms. The standard InChI is InChI=1S/C16H21NO/c18-14-11-16-10-4-5-12-17(16)13-6-9-15-7-2-1-3-8-15/h1-3,7-8,16,18H,4-5,10-14H2. The SMILES string of the molecule is OCCC1CCCCN1CC#Cc1ccccc1. The minimum atomic E-state index is 0.285. The van der Waals surface area contributed by atoms with Crippen LogP contribution in [-0.2, 0) is 0 Å². The summed E-state index contributed by atoms with van der Waals surface area (Å²) in [6.45, 7) is 2.22. The number of rotatable bonds is 3. The molecule has 18 heavy (non-hydrogen) atoms. The van der Waals surface area contributed by atoms with Gasteiger partial charge in [-0.05, 0) is 37.9 Å². The maximum absolute atomic E-state index is 9.08. The minimum absolute atomic E-state index is 0.285. The number of piperidine rings is 1. The number of nitrogens with zero attached hydrogens (tertiary/aromatic N) is 1. The Morgan fingerprint density at radius 1 is 1.22 bits per heavy atom. The van der Waals surface area contributed by atoms with Crippen molar-refractivity contribution in [3.05, 3.63) is 35.9 Å². The van der Waals surface area contributed by atoms with Crippen LogP contribution in [0.5, 0.6) is 0 Å². The van der Waals surface area contributed by atoms with Crippen LogP contribution < -0.4 is 0 Å². The highest BCUT2D eigenvalue weighted by Crippen LogP contribution is 2.18. The zero-order valence-corrected chi connectivity index (χ0v) is 10.8. The Hall–Kier alpha value is -1.30. The number of likely N-dealkylation sites (tertiary alicyclic amines) is 1. The molecule has 0 spiro atoms. The van der Waals surface area contributed by atoms with Crippen LogP contribution >= 0.6 is 0 Å². The van der Waals surface area contributed by atoms with Gasteiger partial charge in [0, 0.05) is 18.2 Å². The first-order chi connectivity index (χ1) is 8.90. The van der Waals surface area contributed by atoms with Crippen molar-refractivity contribution in [1.29, 1.82) is 0 Å². The molecular formula is C16H21NO. The highest BCUT2D eigenvalue weighted by atomic mass is 16.3. The summed E-state index contributed by atoms with van der Waals surface area (Å²) in [6, 6.07) is 10.6. The van der Waals surface area contributed by atoms with Crippen LogP contribution in [0.15, 0.2) is 30.3 Å². The summed E-state index contributed by atoms with van der Waals surface area (Å²) >= 11 is 0. The zero-order valence-electron chi connectivity index (χ0n) is 10.8. The van der Waals surface area contributed by atoms with E-state index in [9.17, 15) is 0 Å². The highest BCUT2D eigenvalue weighted by molar-refractivity contribution is 5.33. The van der Waals surface area contributed by atoms with Crippen molar-refractivity contribution < 1.29 is 5.11 Å². The maximum atomic E-state index is 9.08. The van der Waals surface area contributed by atoms with E-state index < -0.39 is 0 Å². The maximum Gasteiger partial charge on any atom is 0.0607 e.